The molecule has 6 nitrogen and oxygen atoms in total. The Hall–Kier alpha value is -3.02. The molecule has 0 aliphatic heterocycles. The maximum Gasteiger partial charge on any atom is 0.247 e. The van der Waals surface area contributed by atoms with Crippen LogP contribution in [0.5, 0.6) is 0 Å². The Labute approximate surface area is 133 Å². The van der Waals surface area contributed by atoms with E-state index in [1.807, 2.05) is 42.5 Å². The van der Waals surface area contributed by atoms with E-state index in [9.17, 15) is 4.79 Å². The number of carbonyl (C=O) groups is 1. The summed E-state index contributed by atoms with van der Waals surface area (Å²) in [6.45, 7) is 0.464. The zero-order valence-electron chi connectivity index (χ0n) is 12.5. The molecule has 0 fully saturated rings. The molecule has 3 rings (SSSR count). The van der Waals surface area contributed by atoms with E-state index in [0.29, 0.717) is 31.2 Å². The molecule has 0 spiro atoms. The molecule has 0 aliphatic rings. The Morgan fingerprint density at radius 1 is 1.09 bits per heavy atom. The van der Waals surface area contributed by atoms with Crippen molar-refractivity contribution in [3.8, 4) is 11.5 Å². The van der Waals surface area contributed by atoms with E-state index in [4.69, 9.17) is 4.42 Å². The molecular weight excluding hydrogens is 292 g/mol. The monoisotopic (exact) mass is 308 g/mol. The fraction of sp³-hybridized carbons (Fsp3) is 0.176. The van der Waals surface area contributed by atoms with Crippen LogP contribution in [0.1, 0.15) is 17.9 Å². The Balaban J connectivity index is 1.49. The smallest absolute Gasteiger partial charge is 0.247 e. The van der Waals surface area contributed by atoms with E-state index >= 15 is 0 Å². The summed E-state index contributed by atoms with van der Waals surface area (Å²) < 4.78 is 5.57. The van der Waals surface area contributed by atoms with Gasteiger partial charge >= 0.3 is 0 Å². The Morgan fingerprint density at radius 3 is 2.74 bits per heavy atom. The SMILES string of the molecule is O=C(CCc1nnc(-c2ccccc2)o1)NCc1cccnc1. The number of hydrogen-bond acceptors (Lipinski definition) is 5. The fourth-order valence-electron chi connectivity index (χ4n) is 2.06. The van der Waals surface area contributed by atoms with Crippen molar-refractivity contribution in [1.82, 2.24) is 20.5 Å². The Bertz CT molecular complexity index is 757. The second-order valence-electron chi connectivity index (χ2n) is 5.00. The Kier molecular flexibility index (Phi) is 4.73. The minimum atomic E-state index is -0.0617. The van der Waals surface area contributed by atoms with Crippen LogP contribution in [0, 0.1) is 0 Å². The third kappa shape index (κ3) is 4.23. The van der Waals surface area contributed by atoms with Crippen LogP contribution in [0.2, 0.25) is 0 Å². The van der Waals surface area contributed by atoms with Crippen molar-refractivity contribution < 1.29 is 9.21 Å². The first-order valence-electron chi connectivity index (χ1n) is 7.34. The van der Waals surface area contributed by atoms with E-state index in [0.717, 1.165) is 11.1 Å². The first-order valence-corrected chi connectivity index (χ1v) is 7.34. The van der Waals surface area contributed by atoms with Crippen LogP contribution in [-0.4, -0.2) is 21.1 Å². The molecule has 3 aromatic rings. The van der Waals surface area contributed by atoms with Gasteiger partial charge in [-0.15, -0.1) is 10.2 Å². The maximum absolute atomic E-state index is 11.8. The molecule has 0 unspecified atom stereocenters. The number of carbonyl (C=O) groups excluding carboxylic acids is 1. The molecule has 0 bridgehead atoms. The normalized spacial score (nSPS) is 10.4. The average Bonchev–Trinajstić information content (AvgIpc) is 3.09. The van der Waals surface area contributed by atoms with Crippen LogP contribution < -0.4 is 5.32 Å². The lowest BCUT2D eigenvalue weighted by atomic mass is 10.2. The fourth-order valence-corrected chi connectivity index (χ4v) is 2.06. The van der Waals surface area contributed by atoms with Crippen LogP contribution in [0.4, 0.5) is 0 Å². The van der Waals surface area contributed by atoms with Crippen LogP contribution in [0.15, 0.2) is 59.3 Å². The van der Waals surface area contributed by atoms with Gasteiger partial charge in [0.1, 0.15) is 0 Å². The predicted molar refractivity (Wildman–Crippen MR) is 84.1 cm³/mol. The van der Waals surface area contributed by atoms with Gasteiger partial charge in [0.15, 0.2) is 0 Å². The van der Waals surface area contributed by atoms with Crippen molar-refractivity contribution >= 4 is 5.91 Å². The first-order chi connectivity index (χ1) is 11.3. The summed E-state index contributed by atoms with van der Waals surface area (Å²) in [5, 5.41) is 10.8. The van der Waals surface area contributed by atoms with Crippen molar-refractivity contribution in [2.45, 2.75) is 19.4 Å². The van der Waals surface area contributed by atoms with E-state index in [2.05, 4.69) is 20.5 Å². The molecule has 23 heavy (non-hydrogen) atoms. The van der Waals surface area contributed by atoms with Gasteiger partial charge < -0.3 is 9.73 Å². The van der Waals surface area contributed by atoms with Crippen LogP contribution in [0.3, 0.4) is 0 Å². The summed E-state index contributed by atoms with van der Waals surface area (Å²) in [6, 6.07) is 13.3. The minimum Gasteiger partial charge on any atom is -0.421 e. The van der Waals surface area contributed by atoms with E-state index in [1.165, 1.54) is 0 Å². The first kappa shape index (κ1) is 14.9. The highest BCUT2D eigenvalue weighted by Gasteiger charge is 2.10. The number of aromatic nitrogens is 3. The second-order valence-corrected chi connectivity index (χ2v) is 5.00. The lowest BCUT2D eigenvalue weighted by Gasteiger charge is -2.03. The van der Waals surface area contributed by atoms with Gasteiger partial charge in [0.05, 0.1) is 0 Å². The Morgan fingerprint density at radius 2 is 1.96 bits per heavy atom. The molecule has 116 valence electrons. The van der Waals surface area contributed by atoms with Gasteiger partial charge in [0, 0.05) is 37.3 Å². The highest BCUT2D eigenvalue weighted by molar-refractivity contribution is 5.76. The molecular formula is C17H16N4O2. The van der Waals surface area contributed by atoms with Crippen LogP contribution >= 0.6 is 0 Å². The summed E-state index contributed by atoms with van der Waals surface area (Å²) in [7, 11) is 0. The van der Waals surface area contributed by atoms with Gasteiger partial charge in [-0.25, -0.2) is 0 Å². The topological polar surface area (TPSA) is 80.9 Å². The largest absolute Gasteiger partial charge is 0.421 e. The molecule has 1 amide bonds. The summed E-state index contributed by atoms with van der Waals surface area (Å²) in [5.41, 5.74) is 1.83. The number of pyridine rings is 1. The molecule has 0 radical (unpaired) electrons. The van der Waals surface area contributed by atoms with E-state index in [1.54, 1.807) is 12.4 Å². The van der Waals surface area contributed by atoms with Crippen LogP contribution in [0.25, 0.3) is 11.5 Å². The lowest BCUT2D eigenvalue weighted by Crippen LogP contribution is -2.23. The summed E-state index contributed by atoms with van der Waals surface area (Å²) in [4.78, 5) is 15.8. The van der Waals surface area contributed by atoms with Crippen molar-refractivity contribution in [3.05, 3.63) is 66.3 Å². The standard InChI is InChI=1S/C17H16N4O2/c22-15(19-12-13-5-4-10-18-11-13)8-9-16-20-21-17(23-16)14-6-2-1-3-7-14/h1-7,10-11H,8-9,12H2,(H,19,22). The third-order valence-electron chi connectivity index (χ3n) is 3.27. The molecule has 6 heteroatoms. The van der Waals surface area contributed by atoms with Crippen LogP contribution in [-0.2, 0) is 17.8 Å². The molecule has 0 saturated heterocycles. The molecule has 0 atom stereocenters. The summed E-state index contributed by atoms with van der Waals surface area (Å²) in [5.74, 6) is 0.866. The number of rotatable bonds is 6. The van der Waals surface area contributed by atoms with Gasteiger partial charge in [0.2, 0.25) is 17.7 Å². The van der Waals surface area contributed by atoms with Gasteiger partial charge in [0.25, 0.3) is 0 Å². The third-order valence-corrected chi connectivity index (χ3v) is 3.27. The molecule has 0 aliphatic carbocycles. The summed E-state index contributed by atoms with van der Waals surface area (Å²) in [6.07, 6.45) is 4.14. The van der Waals surface area contributed by atoms with E-state index in [-0.39, 0.29) is 5.91 Å². The number of nitrogens with zero attached hydrogens (tertiary/aromatic N) is 3. The average molecular weight is 308 g/mol. The quantitative estimate of drug-likeness (QED) is 0.756. The molecule has 1 aromatic carbocycles. The lowest BCUT2D eigenvalue weighted by molar-refractivity contribution is -0.121. The molecule has 2 heterocycles. The van der Waals surface area contributed by atoms with Gasteiger partial charge in [-0.3, -0.25) is 9.78 Å². The maximum atomic E-state index is 11.8. The van der Waals surface area contributed by atoms with Gasteiger partial charge in [-0.05, 0) is 23.8 Å². The van der Waals surface area contributed by atoms with E-state index < -0.39 is 0 Å². The second kappa shape index (κ2) is 7.31. The predicted octanol–water partition coefficient (Wildman–Crippen LogP) is 2.38. The van der Waals surface area contributed by atoms with Crippen molar-refractivity contribution in [3.63, 3.8) is 0 Å². The number of nitrogens with one attached hydrogen (secondary N) is 1. The zero-order chi connectivity index (χ0) is 15.9. The highest BCUT2D eigenvalue weighted by atomic mass is 16.4. The van der Waals surface area contributed by atoms with Crippen molar-refractivity contribution in [2.75, 3.05) is 0 Å². The minimum absolute atomic E-state index is 0.0617. The van der Waals surface area contributed by atoms with Crippen molar-refractivity contribution in [1.29, 1.82) is 0 Å². The number of benzene rings is 1. The zero-order valence-corrected chi connectivity index (χ0v) is 12.5. The molecule has 2 aromatic heterocycles. The highest BCUT2D eigenvalue weighted by Crippen LogP contribution is 2.17. The number of amides is 1. The number of hydrogen-bond donors (Lipinski definition) is 1. The van der Waals surface area contributed by atoms with Crippen molar-refractivity contribution in [2.24, 2.45) is 0 Å². The molecule has 0 saturated carbocycles. The van der Waals surface area contributed by atoms with Gasteiger partial charge in [-0.2, -0.15) is 0 Å². The van der Waals surface area contributed by atoms with Gasteiger partial charge in [-0.1, -0.05) is 24.3 Å². The summed E-state index contributed by atoms with van der Waals surface area (Å²) >= 11 is 0. The number of aryl methyl sites for hydroxylation is 1. The molecule has 1 N–H and O–H groups in total.